The molecule has 1 atom stereocenters. The molecule has 4 rings (SSSR count). The van der Waals surface area contributed by atoms with E-state index in [1.54, 1.807) is 24.3 Å². The molecular formula is C24H25FN4O3S. The molecule has 3 aromatic rings. The number of thiocarbonyl (C=S) groups is 1. The van der Waals surface area contributed by atoms with Crippen LogP contribution in [0.25, 0.3) is 17.0 Å². The second-order valence-electron chi connectivity index (χ2n) is 8.25. The van der Waals surface area contributed by atoms with E-state index in [4.69, 9.17) is 21.5 Å². The molecule has 33 heavy (non-hydrogen) atoms. The molecule has 1 aliphatic heterocycles. The third kappa shape index (κ3) is 4.54. The summed E-state index contributed by atoms with van der Waals surface area (Å²) in [6.07, 6.45) is 0. The number of halogens is 1. The second kappa shape index (κ2) is 9.19. The summed E-state index contributed by atoms with van der Waals surface area (Å²) in [7, 11) is 1.49. The number of phenols is 1. The van der Waals surface area contributed by atoms with Crippen molar-refractivity contribution in [1.82, 2.24) is 20.4 Å². The van der Waals surface area contributed by atoms with Gasteiger partial charge >= 0.3 is 0 Å². The Kier molecular flexibility index (Phi) is 6.33. The number of aromatic hydroxyl groups is 1. The van der Waals surface area contributed by atoms with E-state index in [1.165, 1.54) is 19.2 Å². The molecule has 9 heteroatoms. The van der Waals surface area contributed by atoms with Crippen LogP contribution >= 0.6 is 12.2 Å². The first kappa shape index (κ1) is 22.7. The van der Waals surface area contributed by atoms with Gasteiger partial charge in [-0.3, -0.25) is 0 Å². The largest absolute Gasteiger partial charge is 0.504 e. The fraction of sp³-hybridized carbons (Fsp3) is 0.292. The highest BCUT2D eigenvalue weighted by atomic mass is 32.1. The van der Waals surface area contributed by atoms with Gasteiger partial charge in [0.1, 0.15) is 5.82 Å². The Morgan fingerprint density at radius 2 is 2.06 bits per heavy atom. The predicted octanol–water partition coefficient (Wildman–Crippen LogP) is 4.91. The van der Waals surface area contributed by atoms with E-state index in [0.717, 1.165) is 16.8 Å². The van der Waals surface area contributed by atoms with Gasteiger partial charge in [0.05, 0.1) is 18.7 Å². The standard InChI is InChI=1S/C24H25FN4O3S/c1-13(2)12-29-14(3)20(23-27-22(28-32-23)16-6-5-7-17(25)10-16)21(26-24(29)33)15-8-9-19(31-4)18(30)11-15/h5-11,13,21,30H,12H2,1-4H3,(H,26,33). The third-order valence-corrected chi connectivity index (χ3v) is 5.76. The van der Waals surface area contributed by atoms with E-state index < -0.39 is 6.04 Å². The van der Waals surface area contributed by atoms with E-state index >= 15 is 0 Å². The average molecular weight is 469 g/mol. The molecule has 0 aliphatic carbocycles. The van der Waals surface area contributed by atoms with Crippen LogP contribution in [0.15, 0.2) is 52.7 Å². The van der Waals surface area contributed by atoms with E-state index in [9.17, 15) is 9.50 Å². The summed E-state index contributed by atoms with van der Waals surface area (Å²) in [5, 5.41) is 18.4. The number of phenolic OH excluding ortho intramolecular Hbond substituents is 1. The fourth-order valence-corrected chi connectivity index (χ4v) is 4.19. The van der Waals surface area contributed by atoms with Crippen molar-refractivity contribution in [1.29, 1.82) is 0 Å². The Morgan fingerprint density at radius 1 is 1.27 bits per heavy atom. The second-order valence-corrected chi connectivity index (χ2v) is 8.64. The minimum atomic E-state index is -0.446. The Morgan fingerprint density at radius 3 is 2.73 bits per heavy atom. The highest BCUT2D eigenvalue weighted by Crippen LogP contribution is 2.40. The first-order valence-corrected chi connectivity index (χ1v) is 10.9. The number of nitrogens with zero attached hydrogens (tertiary/aromatic N) is 3. The van der Waals surface area contributed by atoms with Crippen LogP contribution in [0.3, 0.4) is 0 Å². The maximum absolute atomic E-state index is 13.7. The van der Waals surface area contributed by atoms with Crippen LogP contribution in [0.1, 0.15) is 38.3 Å². The van der Waals surface area contributed by atoms with Gasteiger partial charge in [-0.15, -0.1) is 0 Å². The van der Waals surface area contributed by atoms with Crippen LogP contribution in [-0.4, -0.2) is 38.9 Å². The van der Waals surface area contributed by atoms with E-state index in [2.05, 4.69) is 29.3 Å². The predicted molar refractivity (Wildman–Crippen MR) is 127 cm³/mol. The molecule has 2 heterocycles. The van der Waals surface area contributed by atoms with Gasteiger partial charge in [0.15, 0.2) is 16.6 Å². The average Bonchev–Trinajstić information content (AvgIpc) is 3.26. The topological polar surface area (TPSA) is 83.7 Å². The molecule has 1 unspecified atom stereocenters. The van der Waals surface area contributed by atoms with Gasteiger partial charge in [0.2, 0.25) is 5.82 Å². The number of rotatable bonds is 6. The lowest BCUT2D eigenvalue weighted by Gasteiger charge is -2.38. The van der Waals surface area contributed by atoms with Gasteiger partial charge in [-0.05, 0) is 54.9 Å². The number of hydrogen-bond acceptors (Lipinski definition) is 6. The van der Waals surface area contributed by atoms with Crippen LogP contribution in [0.5, 0.6) is 11.5 Å². The molecule has 0 saturated heterocycles. The van der Waals surface area contributed by atoms with Gasteiger partial charge in [0, 0.05) is 17.8 Å². The van der Waals surface area contributed by atoms with Crippen molar-refractivity contribution in [2.45, 2.75) is 26.8 Å². The monoisotopic (exact) mass is 468 g/mol. The van der Waals surface area contributed by atoms with E-state index in [1.807, 2.05) is 17.9 Å². The van der Waals surface area contributed by atoms with Crippen molar-refractivity contribution in [3.05, 3.63) is 65.4 Å². The molecule has 2 N–H and O–H groups in total. The summed E-state index contributed by atoms with van der Waals surface area (Å²) in [6, 6.07) is 10.7. The van der Waals surface area contributed by atoms with Crippen molar-refractivity contribution in [3.8, 4) is 22.9 Å². The SMILES string of the molecule is COc1ccc(C2NC(=S)N(CC(C)C)C(C)=C2c2nc(-c3cccc(F)c3)no2)cc1O. The molecular weight excluding hydrogens is 443 g/mol. The first-order chi connectivity index (χ1) is 15.8. The highest BCUT2D eigenvalue weighted by Gasteiger charge is 2.34. The number of hydrogen-bond donors (Lipinski definition) is 2. The third-order valence-electron chi connectivity index (χ3n) is 5.42. The summed E-state index contributed by atoms with van der Waals surface area (Å²) in [4.78, 5) is 6.57. The highest BCUT2D eigenvalue weighted by molar-refractivity contribution is 7.80. The number of allylic oxidation sites excluding steroid dienone is 1. The minimum Gasteiger partial charge on any atom is -0.504 e. The summed E-state index contributed by atoms with van der Waals surface area (Å²) in [6.45, 7) is 6.87. The molecule has 2 aromatic carbocycles. The zero-order chi connectivity index (χ0) is 23.7. The number of nitrogens with one attached hydrogen (secondary N) is 1. The van der Waals surface area contributed by atoms with Crippen LogP contribution in [0.4, 0.5) is 4.39 Å². The van der Waals surface area contributed by atoms with Crippen molar-refractivity contribution in [2.24, 2.45) is 5.92 Å². The van der Waals surface area contributed by atoms with Crippen LogP contribution in [-0.2, 0) is 0 Å². The van der Waals surface area contributed by atoms with Gasteiger partial charge in [0.25, 0.3) is 5.89 Å². The first-order valence-electron chi connectivity index (χ1n) is 10.5. The Balaban J connectivity index is 1.83. The van der Waals surface area contributed by atoms with Gasteiger partial charge < -0.3 is 24.6 Å². The molecule has 172 valence electrons. The lowest BCUT2D eigenvalue weighted by Crippen LogP contribution is -2.47. The fourth-order valence-electron chi connectivity index (χ4n) is 3.86. The summed E-state index contributed by atoms with van der Waals surface area (Å²) in [5.41, 5.74) is 2.85. The van der Waals surface area contributed by atoms with Gasteiger partial charge in [-0.1, -0.05) is 37.2 Å². The molecule has 0 fully saturated rings. The molecule has 0 bridgehead atoms. The summed E-state index contributed by atoms with van der Waals surface area (Å²) in [5.74, 6) is 0.921. The summed E-state index contributed by atoms with van der Waals surface area (Å²) >= 11 is 5.67. The van der Waals surface area contributed by atoms with E-state index in [-0.39, 0.29) is 23.3 Å². The Hall–Kier alpha value is -3.46. The molecule has 1 aromatic heterocycles. The molecule has 0 spiro atoms. The molecule has 0 radical (unpaired) electrons. The number of methoxy groups -OCH3 is 1. The molecule has 7 nitrogen and oxygen atoms in total. The maximum atomic E-state index is 13.7. The Labute approximate surface area is 196 Å². The minimum absolute atomic E-state index is 0.00955. The zero-order valence-electron chi connectivity index (χ0n) is 18.8. The van der Waals surface area contributed by atoms with Crippen molar-refractivity contribution in [3.63, 3.8) is 0 Å². The maximum Gasteiger partial charge on any atom is 0.258 e. The van der Waals surface area contributed by atoms with Crippen LogP contribution < -0.4 is 10.1 Å². The molecule has 1 aliphatic rings. The Bertz CT molecular complexity index is 1220. The number of aromatic nitrogens is 2. The van der Waals surface area contributed by atoms with Gasteiger partial charge in [-0.25, -0.2) is 4.39 Å². The lowest BCUT2D eigenvalue weighted by atomic mass is 9.94. The van der Waals surface area contributed by atoms with Crippen molar-refractivity contribution in [2.75, 3.05) is 13.7 Å². The summed E-state index contributed by atoms with van der Waals surface area (Å²) < 4.78 is 24.5. The van der Waals surface area contributed by atoms with Crippen LogP contribution in [0.2, 0.25) is 0 Å². The quantitative estimate of drug-likeness (QED) is 0.494. The number of benzene rings is 2. The van der Waals surface area contributed by atoms with Gasteiger partial charge in [-0.2, -0.15) is 4.98 Å². The van der Waals surface area contributed by atoms with Crippen molar-refractivity contribution >= 4 is 22.9 Å². The normalized spacial score (nSPS) is 16.4. The molecule has 0 amide bonds. The molecule has 0 saturated carbocycles. The lowest BCUT2D eigenvalue weighted by molar-refractivity contribution is 0.371. The smallest absolute Gasteiger partial charge is 0.258 e. The number of ether oxygens (including phenoxy) is 1. The van der Waals surface area contributed by atoms with Crippen molar-refractivity contribution < 1.29 is 18.8 Å². The van der Waals surface area contributed by atoms with Crippen LogP contribution in [0, 0.1) is 11.7 Å². The van der Waals surface area contributed by atoms with E-state index in [0.29, 0.717) is 28.9 Å². The zero-order valence-corrected chi connectivity index (χ0v) is 19.6.